The minimum atomic E-state index is -0.352. The fourth-order valence-electron chi connectivity index (χ4n) is 14.7. The molecule has 1 aliphatic heterocycles. The lowest BCUT2D eigenvalue weighted by molar-refractivity contribution is -0.295. The molecule has 0 atom stereocenters. The second-order valence-corrected chi connectivity index (χ2v) is 17.7. The summed E-state index contributed by atoms with van der Waals surface area (Å²) < 4.78 is 0. The van der Waals surface area contributed by atoms with Crippen LogP contribution in [0.2, 0.25) is 0 Å². The molecule has 12 aliphatic carbocycles. The first-order valence-corrected chi connectivity index (χ1v) is 17.3. The van der Waals surface area contributed by atoms with E-state index in [2.05, 4.69) is 0 Å². The van der Waals surface area contributed by atoms with E-state index in [0.29, 0.717) is 59.9 Å². The van der Waals surface area contributed by atoms with Crippen molar-refractivity contribution in [3.05, 3.63) is 0 Å². The Labute approximate surface area is 238 Å². The van der Waals surface area contributed by atoms with E-state index >= 15 is 0 Å². The average molecular weight is 546 g/mol. The Kier molecular flexibility index (Phi) is 4.59. The zero-order chi connectivity index (χ0) is 26.6. The van der Waals surface area contributed by atoms with Gasteiger partial charge < -0.3 is 0 Å². The van der Waals surface area contributed by atoms with E-state index in [4.69, 9.17) is 0 Å². The number of amides is 3. The molecule has 0 aromatic heterocycles. The maximum Gasteiger partial charge on any atom is 0.267 e. The molecule has 0 spiro atoms. The van der Waals surface area contributed by atoms with Crippen molar-refractivity contribution in [3.63, 3.8) is 0 Å². The Morgan fingerprint density at radius 1 is 0.375 bits per heavy atom. The normalized spacial score (nSPS) is 54.3. The van der Waals surface area contributed by atoms with Crippen molar-refractivity contribution in [2.45, 2.75) is 116 Å². The van der Waals surface area contributed by atoms with E-state index in [1.807, 2.05) is 10.0 Å². The molecule has 1 saturated heterocycles. The van der Waals surface area contributed by atoms with Gasteiger partial charge in [0.2, 0.25) is 0 Å². The summed E-state index contributed by atoms with van der Waals surface area (Å²) in [5.74, 6) is 6.63. The molecule has 12 saturated carbocycles. The molecule has 13 rings (SSSR count). The van der Waals surface area contributed by atoms with Crippen LogP contribution in [0.25, 0.3) is 0 Å². The Morgan fingerprint density at radius 3 is 0.850 bits per heavy atom. The Bertz CT molecular complexity index is 1020. The molecule has 3 amide bonds. The first-order valence-electron chi connectivity index (χ1n) is 17.3. The summed E-state index contributed by atoms with van der Waals surface area (Å²) in [4.78, 5) is 44.2. The van der Waals surface area contributed by atoms with Crippen molar-refractivity contribution >= 4 is 17.7 Å². The van der Waals surface area contributed by atoms with Gasteiger partial charge in [-0.2, -0.15) is 0 Å². The molecular formula is C34H47N3O3. The molecule has 6 heteroatoms. The highest BCUT2D eigenvalue weighted by Gasteiger charge is 2.65. The van der Waals surface area contributed by atoms with Crippen molar-refractivity contribution < 1.29 is 14.4 Å². The summed E-state index contributed by atoms with van der Waals surface area (Å²) in [7, 11) is 0. The molecule has 0 aromatic carbocycles. The molecule has 6 nitrogen and oxygen atoms in total. The molecule has 0 N–H and O–H groups in total. The predicted molar refractivity (Wildman–Crippen MR) is 147 cm³/mol. The van der Waals surface area contributed by atoms with E-state index in [9.17, 15) is 14.4 Å². The van der Waals surface area contributed by atoms with Crippen molar-refractivity contribution in [1.29, 1.82) is 0 Å². The average Bonchev–Trinajstić information content (AvgIpc) is 2.85. The van der Waals surface area contributed by atoms with Gasteiger partial charge in [-0.1, -0.05) is 0 Å². The van der Waals surface area contributed by atoms with E-state index < -0.39 is 0 Å². The number of hydrazine groups is 2. The summed E-state index contributed by atoms with van der Waals surface area (Å²) >= 11 is 0. The van der Waals surface area contributed by atoms with Crippen molar-refractivity contribution in [2.75, 3.05) is 6.67 Å². The third kappa shape index (κ3) is 3.10. The smallest absolute Gasteiger partial charge is 0.267 e. The molecule has 12 bridgehead atoms. The lowest BCUT2D eigenvalue weighted by atomic mass is 9.49. The van der Waals surface area contributed by atoms with Gasteiger partial charge in [0.05, 0.1) is 16.2 Å². The van der Waals surface area contributed by atoms with Crippen molar-refractivity contribution in [2.24, 2.45) is 69.5 Å². The molecule has 0 aromatic rings. The van der Waals surface area contributed by atoms with Crippen LogP contribution in [0.15, 0.2) is 0 Å². The quantitative estimate of drug-likeness (QED) is 0.442. The fourth-order valence-corrected chi connectivity index (χ4v) is 14.7. The lowest BCUT2D eigenvalue weighted by Crippen LogP contribution is -2.79. The highest BCUT2D eigenvalue weighted by molar-refractivity contribution is 5.94. The number of carbonyl (C=O) groups excluding carboxylic acids is 3. The zero-order valence-electron chi connectivity index (χ0n) is 24.2. The Morgan fingerprint density at radius 2 is 0.600 bits per heavy atom. The van der Waals surface area contributed by atoms with Crippen molar-refractivity contribution in [3.8, 4) is 0 Å². The van der Waals surface area contributed by atoms with Gasteiger partial charge in [0, 0.05) is 0 Å². The van der Waals surface area contributed by atoms with Crippen LogP contribution < -0.4 is 0 Å². The number of rotatable bonds is 3. The van der Waals surface area contributed by atoms with Gasteiger partial charge in [-0.3, -0.25) is 14.4 Å². The van der Waals surface area contributed by atoms with Crippen LogP contribution in [-0.4, -0.2) is 39.5 Å². The largest absolute Gasteiger partial charge is 0.272 e. The van der Waals surface area contributed by atoms with Crippen LogP contribution >= 0.6 is 0 Å². The fraction of sp³-hybridized carbons (Fsp3) is 0.912. The summed E-state index contributed by atoms with van der Waals surface area (Å²) in [5.41, 5.74) is -0.926. The molecule has 40 heavy (non-hydrogen) atoms. The third-order valence-electron chi connectivity index (χ3n) is 14.9. The molecule has 1 heterocycles. The maximum atomic E-state index is 14.9. The van der Waals surface area contributed by atoms with Gasteiger partial charge in [0.15, 0.2) is 0 Å². The lowest BCUT2D eigenvalue weighted by Gasteiger charge is -2.64. The second-order valence-electron chi connectivity index (χ2n) is 17.7. The van der Waals surface area contributed by atoms with E-state index in [0.717, 1.165) is 57.8 Å². The highest BCUT2D eigenvalue weighted by Crippen LogP contribution is 2.64. The monoisotopic (exact) mass is 545 g/mol. The van der Waals surface area contributed by atoms with Crippen molar-refractivity contribution in [1.82, 2.24) is 15.1 Å². The summed E-state index contributed by atoms with van der Waals surface area (Å²) in [6, 6.07) is 0. The SMILES string of the molecule is O=C(N1CN(C(=O)C23CC4CC(CC(C4)C2)C3)N1C(=O)C12CC3CC(CC(C3)C1)C2)C12CC3CC(CC(C3)C1)C2. The first kappa shape index (κ1) is 23.9. The first-order chi connectivity index (χ1) is 19.3. The standard InChI is InChI=1S/C34H47N3O3/c38-29(32-10-20-1-21(11-32)3-22(2-20)12-32)35-19-36(30(39)33-13-23-4-24(14-33)6-25(5-23)15-33)37(35)31(40)34-16-26-7-27(17-34)9-28(8-26)18-34/h20-28H,1-19H2. The molecule has 13 aliphatic rings. The van der Waals surface area contributed by atoms with Gasteiger partial charge in [-0.15, -0.1) is 5.12 Å². The zero-order valence-corrected chi connectivity index (χ0v) is 24.2. The van der Waals surface area contributed by atoms with Gasteiger partial charge in [0.25, 0.3) is 17.7 Å². The van der Waals surface area contributed by atoms with Crippen LogP contribution in [-0.2, 0) is 14.4 Å². The third-order valence-corrected chi connectivity index (χ3v) is 14.9. The molecular weight excluding hydrogens is 498 g/mol. The minimum absolute atomic E-state index is 0.119. The number of hydrogen-bond acceptors (Lipinski definition) is 3. The van der Waals surface area contributed by atoms with Crippen LogP contribution in [0.5, 0.6) is 0 Å². The van der Waals surface area contributed by atoms with Crippen LogP contribution in [0.4, 0.5) is 0 Å². The van der Waals surface area contributed by atoms with E-state index in [1.165, 1.54) is 57.8 Å². The number of carbonyl (C=O) groups is 3. The van der Waals surface area contributed by atoms with Crippen LogP contribution in [0, 0.1) is 69.5 Å². The van der Waals surface area contributed by atoms with Gasteiger partial charge in [0.1, 0.15) is 6.67 Å². The Hall–Kier alpha value is -1.59. The molecule has 13 fully saturated rings. The molecule has 0 radical (unpaired) electrons. The van der Waals surface area contributed by atoms with E-state index in [1.54, 1.807) is 5.12 Å². The van der Waals surface area contributed by atoms with Crippen LogP contribution in [0.3, 0.4) is 0 Å². The van der Waals surface area contributed by atoms with Gasteiger partial charge >= 0.3 is 0 Å². The van der Waals surface area contributed by atoms with Crippen LogP contribution in [0.1, 0.15) is 116 Å². The summed E-state index contributed by atoms with van der Waals surface area (Å²) in [5, 5.41) is 5.37. The Balaban J connectivity index is 0.996. The highest BCUT2D eigenvalue weighted by atomic mass is 16.2. The minimum Gasteiger partial charge on any atom is -0.272 e. The van der Waals surface area contributed by atoms with Gasteiger partial charge in [-0.05, 0) is 169 Å². The van der Waals surface area contributed by atoms with E-state index in [-0.39, 0.29) is 34.0 Å². The maximum absolute atomic E-state index is 14.9. The molecule has 0 unspecified atom stereocenters. The summed E-state index contributed by atoms with van der Waals surface area (Å²) in [6.07, 6.45) is 20.7. The molecule has 216 valence electrons. The van der Waals surface area contributed by atoms with Gasteiger partial charge in [-0.25, -0.2) is 10.0 Å². The number of nitrogens with zero attached hydrogens (tertiary/aromatic N) is 3. The summed E-state index contributed by atoms with van der Waals surface area (Å²) in [6.45, 7) is 0.319. The second kappa shape index (κ2) is 7.67. The predicted octanol–water partition coefficient (Wildman–Crippen LogP) is 5.92. The number of hydrogen-bond donors (Lipinski definition) is 0. The topological polar surface area (TPSA) is 60.9 Å².